The smallest absolute Gasteiger partial charge is 0.228 e. The number of aromatic amines is 1. The highest BCUT2D eigenvalue weighted by atomic mass is 16.3. The molecule has 5 heteroatoms. The number of hydrogen-bond donors (Lipinski definition) is 3. The van der Waals surface area contributed by atoms with Crippen LogP contribution in [0.4, 0.5) is 11.4 Å². The number of amides is 1. The molecular formula is C22H25N3O2. The van der Waals surface area contributed by atoms with E-state index in [0.717, 1.165) is 53.8 Å². The Labute approximate surface area is 159 Å². The zero-order chi connectivity index (χ0) is 18.8. The van der Waals surface area contributed by atoms with Gasteiger partial charge in [-0.1, -0.05) is 30.3 Å². The molecule has 140 valence electrons. The van der Waals surface area contributed by atoms with Crippen molar-refractivity contribution < 1.29 is 9.90 Å². The summed E-state index contributed by atoms with van der Waals surface area (Å²) in [5, 5.41) is 13.9. The zero-order valence-corrected chi connectivity index (χ0v) is 15.5. The van der Waals surface area contributed by atoms with E-state index in [1.807, 2.05) is 36.5 Å². The van der Waals surface area contributed by atoms with Crippen LogP contribution in [0, 0.1) is 6.92 Å². The quantitative estimate of drug-likeness (QED) is 0.663. The summed E-state index contributed by atoms with van der Waals surface area (Å²) in [4.78, 5) is 18.2. The molecule has 0 spiro atoms. The molecule has 27 heavy (non-hydrogen) atoms. The Kier molecular flexibility index (Phi) is 4.86. The van der Waals surface area contributed by atoms with Crippen molar-refractivity contribution >= 4 is 28.2 Å². The van der Waals surface area contributed by atoms with E-state index in [9.17, 15) is 9.90 Å². The number of fused-ring (bicyclic) bond motifs is 1. The fraction of sp³-hybridized carbons (Fsp3) is 0.318. The van der Waals surface area contributed by atoms with E-state index in [1.165, 1.54) is 5.56 Å². The monoisotopic (exact) mass is 363 g/mol. The van der Waals surface area contributed by atoms with E-state index in [-0.39, 0.29) is 12.0 Å². The molecule has 5 nitrogen and oxygen atoms in total. The van der Waals surface area contributed by atoms with Gasteiger partial charge in [0.15, 0.2) is 0 Å². The predicted octanol–water partition coefficient (Wildman–Crippen LogP) is 3.62. The summed E-state index contributed by atoms with van der Waals surface area (Å²) in [5.74, 6) is -0.0260. The van der Waals surface area contributed by atoms with E-state index < -0.39 is 0 Å². The molecule has 0 aliphatic carbocycles. The lowest BCUT2D eigenvalue weighted by Gasteiger charge is -2.32. The topological polar surface area (TPSA) is 68.4 Å². The maximum absolute atomic E-state index is 12.7. The average molecular weight is 363 g/mol. The summed E-state index contributed by atoms with van der Waals surface area (Å²) in [6, 6.07) is 14.0. The van der Waals surface area contributed by atoms with Gasteiger partial charge in [-0.25, -0.2) is 0 Å². The lowest BCUT2D eigenvalue weighted by Crippen LogP contribution is -2.36. The van der Waals surface area contributed by atoms with E-state index in [4.69, 9.17) is 0 Å². The van der Waals surface area contributed by atoms with Gasteiger partial charge in [0.05, 0.1) is 23.9 Å². The minimum Gasteiger partial charge on any atom is -0.393 e. The molecule has 2 aromatic carbocycles. The molecule has 0 saturated carbocycles. The van der Waals surface area contributed by atoms with E-state index >= 15 is 0 Å². The molecule has 3 aromatic rings. The van der Waals surface area contributed by atoms with Crippen molar-refractivity contribution in [2.24, 2.45) is 0 Å². The maximum atomic E-state index is 12.7. The first-order valence-corrected chi connectivity index (χ1v) is 9.49. The van der Waals surface area contributed by atoms with Crippen molar-refractivity contribution in [3.63, 3.8) is 0 Å². The number of benzene rings is 2. The number of H-pyrrole nitrogens is 1. The van der Waals surface area contributed by atoms with Crippen LogP contribution >= 0.6 is 0 Å². The van der Waals surface area contributed by atoms with Gasteiger partial charge < -0.3 is 20.3 Å². The molecule has 3 N–H and O–H groups in total. The summed E-state index contributed by atoms with van der Waals surface area (Å²) in [7, 11) is 0. The van der Waals surface area contributed by atoms with E-state index in [1.54, 1.807) is 0 Å². The standard InChI is InChI=1S/C22H25N3O2/c1-15-5-4-6-18-16(14-23-22(15)18)13-21(27)24-19-7-2-3-8-20(19)25-11-9-17(26)10-12-25/h2-8,14,17,23,26H,9-13H2,1H3,(H,24,27). The van der Waals surface area contributed by atoms with Crippen molar-refractivity contribution in [1.29, 1.82) is 0 Å². The van der Waals surface area contributed by atoms with Crippen LogP contribution in [0.15, 0.2) is 48.7 Å². The number of carbonyl (C=O) groups excluding carboxylic acids is 1. The van der Waals surface area contributed by atoms with Gasteiger partial charge in [0.2, 0.25) is 5.91 Å². The number of nitrogens with zero attached hydrogens (tertiary/aromatic N) is 1. The molecule has 0 unspecified atom stereocenters. The third-order valence-corrected chi connectivity index (χ3v) is 5.34. The van der Waals surface area contributed by atoms with Crippen molar-refractivity contribution in [1.82, 2.24) is 4.98 Å². The summed E-state index contributed by atoms with van der Waals surface area (Å²) < 4.78 is 0. The Balaban J connectivity index is 1.51. The largest absolute Gasteiger partial charge is 0.393 e. The molecule has 1 saturated heterocycles. The Morgan fingerprint density at radius 2 is 1.96 bits per heavy atom. The minimum absolute atomic E-state index is 0.0260. The fourth-order valence-electron chi connectivity index (χ4n) is 3.84. The lowest BCUT2D eigenvalue weighted by molar-refractivity contribution is -0.115. The number of carbonyl (C=O) groups is 1. The second-order valence-electron chi connectivity index (χ2n) is 7.27. The maximum Gasteiger partial charge on any atom is 0.228 e. The highest BCUT2D eigenvalue weighted by Crippen LogP contribution is 2.29. The van der Waals surface area contributed by atoms with Gasteiger partial charge in [0, 0.05) is 30.2 Å². The highest BCUT2D eigenvalue weighted by molar-refractivity contribution is 5.98. The molecular weight excluding hydrogens is 338 g/mol. The van der Waals surface area contributed by atoms with Crippen LogP contribution in [0.25, 0.3) is 10.9 Å². The number of nitrogens with one attached hydrogen (secondary N) is 2. The molecule has 1 aromatic heterocycles. The van der Waals surface area contributed by atoms with Crippen LogP contribution in [0.5, 0.6) is 0 Å². The number of aryl methyl sites for hydroxylation is 1. The predicted molar refractivity (Wildman–Crippen MR) is 109 cm³/mol. The number of aliphatic hydroxyl groups is 1. The molecule has 1 aliphatic rings. The SMILES string of the molecule is Cc1cccc2c(CC(=O)Nc3ccccc3N3CCC(O)CC3)c[nH]c12. The minimum atomic E-state index is -0.215. The van der Waals surface area contributed by atoms with Crippen molar-refractivity contribution in [2.75, 3.05) is 23.3 Å². The highest BCUT2D eigenvalue weighted by Gasteiger charge is 2.20. The number of aliphatic hydroxyl groups excluding tert-OH is 1. The lowest BCUT2D eigenvalue weighted by atomic mass is 10.1. The Morgan fingerprint density at radius 3 is 2.78 bits per heavy atom. The van der Waals surface area contributed by atoms with E-state index in [2.05, 4.69) is 34.3 Å². The third-order valence-electron chi connectivity index (χ3n) is 5.34. The van der Waals surface area contributed by atoms with Crippen LogP contribution in [-0.2, 0) is 11.2 Å². The van der Waals surface area contributed by atoms with Gasteiger partial charge in [-0.15, -0.1) is 0 Å². The second kappa shape index (κ2) is 7.45. The molecule has 0 bridgehead atoms. The normalized spacial score (nSPS) is 15.3. The number of hydrogen-bond acceptors (Lipinski definition) is 3. The molecule has 1 amide bonds. The molecule has 1 aliphatic heterocycles. The van der Waals surface area contributed by atoms with Crippen LogP contribution in [0.2, 0.25) is 0 Å². The number of aromatic nitrogens is 1. The van der Waals surface area contributed by atoms with Gasteiger partial charge in [0.1, 0.15) is 0 Å². The molecule has 2 heterocycles. The average Bonchev–Trinajstić information content (AvgIpc) is 3.07. The van der Waals surface area contributed by atoms with Gasteiger partial charge in [-0.05, 0) is 43.0 Å². The van der Waals surface area contributed by atoms with Crippen LogP contribution < -0.4 is 10.2 Å². The first-order chi connectivity index (χ1) is 13.1. The Bertz CT molecular complexity index is 955. The molecule has 0 radical (unpaired) electrons. The van der Waals surface area contributed by atoms with Gasteiger partial charge in [-0.3, -0.25) is 4.79 Å². The summed E-state index contributed by atoms with van der Waals surface area (Å²) in [6.07, 6.45) is 3.56. The number of piperidine rings is 1. The van der Waals surface area contributed by atoms with Crippen molar-refractivity contribution in [3.8, 4) is 0 Å². The summed E-state index contributed by atoms with van der Waals surface area (Å²) in [6.45, 7) is 3.67. The number of rotatable bonds is 4. The van der Waals surface area contributed by atoms with Crippen LogP contribution in [-0.4, -0.2) is 35.2 Å². The summed E-state index contributed by atoms with van der Waals surface area (Å²) >= 11 is 0. The molecule has 1 fully saturated rings. The Hall–Kier alpha value is -2.79. The first-order valence-electron chi connectivity index (χ1n) is 9.49. The molecule has 4 rings (SSSR count). The van der Waals surface area contributed by atoms with E-state index in [0.29, 0.717) is 6.42 Å². The third kappa shape index (κ3) is 3.69. The van der Waals surface area contributed by atoms with Gasteiger partial charge in [-0.2, -0.15) is 0 Å². The molecule has 0 atom stereocenters. The first kappa shape index (κ1) is 17.6. The fourth-order valence-corrected chi connectivity index (χ4v) is 3.84. The van der Waals surface area contributed by atoms with Crippen LogP contribution in [0.3, 0.4) is 0 Å². The second-order valence-corrected chi connectivity index (χ2v) is 7.27. The van der Waals surface area contributed by atoms with Crippen molar-refractivity contribution in [2.45, 2.75) is 32.3 Å². The van der Waals surface area contributed by atoms with Crippen molar-refractivity contribution in [3.05, 3.63) is 59.8 Å². The van der Waals surface area contributed by atoms with Crippen LogP contribution in [0.1, 0.15) is 24.0 Å². The number of anilines is 2. The zero-order valence-electron chi connectivity index (χ0n) is 15.5. The number of para-hydroxylation sites is 3. The Morgan fingerprint density at radius 1 is 1.19 bits per heavy atom. The summed E-state index contributed by atoms with van der Waals surface area (Å²) in [5.41, 5.74) is 5.12. The van der Waals surface area contributed by atoms with Gasteiger partial charge in [0.25, 0.3) is 0 Å². The van der Waals surface area contributed by atoms with Gasteiger partial charge >= 0.3 is 0 Å².